The van der Waals surface area contributed by atoms with Crippen molar-refractivity contribution in [2.75, 3.05) is 13.1 Å². The standard InChI is InChI=1S/C17H24N2O3S/c1-3-5-11-19(12-6-4-2)23(21,22)15-8-9-16-14(13-15)7-10-17(20)18-16/h7-10,13H,3-6,11-12H2,1-2H3,(H,18,20). The molecule has 126 valence electrons. The van der Waals surface area contributed by atoms with Gasteiger partial charge >= 0.3 is 0 Å². The van der Waals surface area contributed by atoms with E-state index in [1.165, 1.54) is 6.07 Å². The van der Waals surface area contributed by atoms with E-state index in [0.717, 1.165) is 31.1 Å². The number of rotatable bonds is 8. The topological polar surface area (TPSA) is 70.2 Å². The van der Waals surface area contributed by atoms with Crippen LogP contribution in [0.25, 0.3) is 10.9 Å². The van der Waals surface area contributed by atoms with E-state index in [1.807, 2.05) is 0 Å². The molecule has 0 aliphatic rings. The normalized spacial score (nSPS) is 12.1. The number of pyridine rings is 1. The van der Waals surface area contributed by atoms with Crippen LogP contribution in [0.1, 0.15) is 39.5 Å². The lowest BCUT2D eigenvalue weighted by atomic mass is 10.2. The van der Waals surface area contributed by atoms with Crippen LogP contribution in [0.15, 0.2) is 40.0 Å². The lowest BCUT2D eigenvalue weighted by molar-refractivity contribution is 0.395. The highest BCUT2D eigenvalue weighted by molar-refractivity contribution is 7.89. The van der Waals surface area contributed by atoms with Gasteiger partial charge in [-0.15, -0.1) is 0 Å². The van der Waals surface area contributed by atoms with Crippen molar-refractivity contribution in [1.29, 1.82) is 0 Å². The van der Waals surface area contributed by atoms with Gasteiger partial charge in [0.2, 0.25) is 15.6 Å². The van der Waals surface area contributed by atoms with Gasteiger partial charge in [-0.25, -0.2) is 8.42 Å². The van der Waals surface area contributed by atoms with Crippen molar-refractivity contribution < 1.29 is 8.42 Å². The van der Waals surface area contributed by atoms with Crippen LogP contribution in [0.5, 0.6) is 0 Å². The molecule has 0 unspecified atom stereocenters. The predicted octanol–water partition coefficient (Wildman–Crippen LogP) is 3.12. The fraction of sp³-hybridized carbons (Fsp3) is 0.471. The van der Waals surface area contributed by atoms with Crippen LogP contribution < -0.4 is 5.56 Å². The van der Waals surface area contributed by atoms with Crippen LogP contribution >= 0.6 is 0 Å². The number of aromatic nitrogens is 1. The zero-order chi connectivity index (χ0) is 16.9. The summed E-state index contributed by atoms with van der Waals surface area (Å²) >= 11 is 0. The van der Waals surface area contributed by atoms with E-state index in [0.29, 0.717) is 18.6 Å². The molecule has 0 aliphatic carbocycles. The molecule has 1 aromatic heterocycles. The quantitative estimate of drug-likeness (QED) is 0.805. The third-order valence-corrected chi connectivity index (χ3v) is 5.75. The number of benzene rings is 1. The fourth-order valence-corrected chi connectivity index (χ4v) is 4.02. The monoisotopic (exact) mass is 336 g/mol. The van der Waals surface area contributed by atoms with Gasteiger partial charge < -0.3 is 4.98 Å². The highest BCUT2D eigenvalue weighted by Crippen LogP contribution is 2.21. The molecule has 2 rings (SSSR count). The lowest BCUT2D eigenvalue weighted by Crippen LogP contribution is -2.33. The van der Waals surface area contributed by atoms with Crippen molar-refractivity contribution in [1.82, 2.24) is 9.29 Å². The molecule has 1 aromatic carbocycles. The summed E-state index contributed by atoms with van der Waals surface area (Å²) in [6, 6.07) is 7.91. The fourth-order valence-electron chi connectivity index (χ4n) is 2.46. The molecular weight excluding hydrogens is 312 g/mol. The first-order valence-electron chi connectivity index (χ1n) is 8.12. The third-order valence-electron chi connectivity index (χ3n) is 3.86. The first-order chi connectivity index (χ1) is 11.0. The first kappa shape index (κ1) is 17.7. The van der Waals surface area contributed by atoms with E-state index in [4.69, 9.17) is 0 Å². The first-order valence-corrected chi connectivity index (χ1v) is 9.56. The minimum atomic E-state index is -3.51. The summed E-state index contributed by atoms with van der Waals surface area (Å²) in [6.07, 6.45) is 3.61. The Bertz CT molecular complexity index is 804. The minimum Gasteiger partial charge on any atom is -0.322 e. The molecule has 0 fully saturated rings. The third kappa shape index (κ3) is 4.20. The molecule has 0 saturated heterocycles. The van der Waals surface area contributed by atoms with Crippen molar-refractivity contribution in [3.8, 4) is 0 Å². The molecule has 0 radical (unpaired) electrons. The van der Waals surface area contributed by atoms with E-state index >= 15 is 0 Å². The van der Waals surface area contributed by atoms with Gasteiger partial charge in [-0.05, 0) is 42.5 Å². The van der Waals surface area contributed by atoms with Crippen LogP contribution in [-0.2, 0) is 10.0 Å². The second kappa shape index (κ2) is 7.75. The van der Waals surface area contributed by atoms with E-state index < -0.39 is 10.0 Å². The Kier molecular flexibility index (Phi) is 5.96. The van der Waals surface area contributed by atoms with Gasteiger partial charge in [-0.2, -0.15) is 4.31 Å². The highest BCUT2D eigenvalue weighted by Gasteiger charge is 2.23. The summed E-state index contributed by atoms with van der Waals surface area (Å²) in [5.41, 5.74) is 0.450. The minimum absolute atomic E-state index is 0.194. The average Bonchev–Trinajstić information content (AvgIpc) is 2.54. The van der Waals surface area contributed by atoms with Gasteiger partial charge in [0.25, 0.3) is 0 Å². The molecule has 2 aromatic rings. The maximum Gasteiger partial charge on any atom is 0.248 e. The molecule has 23 heavy (non-hydrogen) atoms. The number of hydrogen-bond donors (Lipinski definition) is 1. The summed E-state index contributed by atoms with van der Waals surface area (Å²) in [6.45, 7) is 5.19. The number of nitrogens with zero attached hydrogens (tertiary/aromatic N) is 1. The summed E-state index contributed by atoms with van der Waals surface area (Å²) in [5.74, 6) is 0. The van der Waals surface area contributed by atoms with Crippen LogP contribution in [0.3, 0.4) is 0 Å². The summed E-state index contributed by atoms with van der Waals surface area (Å²) in [4.78, 5) is 14.3. The Morgan fingerprint density at radius 3 is 2.26 bits per heavy atom. The lowest BCUT2D eigenvalue weighted by Gasteiger charge is -2.22. The molecular formula is C17H24N2O3S. The number of fused-ring (bicyclic) bond motifs is 1. The molecule has 6 heteroatoms. The number of H-pyrrole nitrogens is 1. The predicted molar refractivity (Wildman–Crippen MR) is 93.1 cm³/mol. The largest absolute Gasteiger partial charge is 0.322 e. The van der Waals surface area contributed by atoms with E-state index in [-0.39, 0.29) is 10.5 Å². The van der Waals surface area contributed by atoms with Crippen molar-refractivity contribution in [3.05, 3.63) is 40.7 Å². The Balaban J connectivity index is 2.38. The van der Waals surface area contributed by atoms with Gasteiger partial charge in [0.1, 0.15) is 0 Å². The van der Waals surface area contributed by atoms with Gasteiger partial charge in [-0.3, -0.25) is 4.79 Å². The molecule has 0 amide bonds. The molecule has 1 heterocycles. The number of aromatic amines is 1. The second-order valence-electron chi connectivity index (χ2n) is 5.68. The molecule has 0 saturated carbocycles. The van der Waals surface area contributed by atoms with E-state index in [2.05, 4.69) is 18.8 Å². The van der Waals surface area contributed by atoms with Gasteiger partial charge in [-0.1, -0.05) is 26.7 Å². The molecule has 5 nitrogen and oxygen atoms in total. The number of nitrogens with one attached hydrogen (secondary N) is 1. The second-order valence-corrected chi connectivity index (χ2v) is 7.62. The van der Waals surface area contributed by atoms with Crippen LogP contribution in [-0.4, -0.2) is 30.8 Å². The zero-order valence-corrected chi connectivity index (χ0v) is 14.5. The Hall–Kier alpha value is -1.66. The van der Waals surface area contributed by atoms with Crippen LogP contribution in [0, 0.1) is 0 Å². The molecule has 0 aliphatic heterocycles. The molecule has 0 bridgehead atoms. The Morgan fingerprint density at radius 1 is 1.00 bits per heavy atom. The van der Waals surface area contributed by atoms with Crippen LogP contribution in [0.2, 0.25) is 0 Å². The summed E-state index contributed by atoms with van der Waals surface area (Å²) < 4.78 is 27.4. The maximum atomic E-state index is 12.9. The summed E-state index contributed by atoms with van der Waals surface area (Å²) in [7, 11) is -3.51. The SMILES string of the molecule is CCCCN(CCCC)S(=O)(=O)c1ccc2[nH]c(=O)ccc2c1. The average molecular weight is 336 g/mol. The molecule has 0 atom stereocenters. The van der Waals surface area contributed by atoms with Gasteiger partial charge in [0.15, 0.2) is 0 Å². The summed E-state index contributed by atoms with van der Waals surface area (Å²) in [5, 5.41) is 0.719. The van der Waals surface area contributed by atoms with E-state index in [9.17, 15) is 13.2 Å². The smallest absolute Gasteiger partial charge is 0.248 e. The number of sulfonamides is 1. The zero-order valence-electron chi connectivity index (χ0n) is 13.7. The molecule has 1 N–H and O–H groups in total. The van der Waals surface area contributed by atoms with Gasteiger partial charge in [0.05, 0.1) is 4.90 Å². The molecule has 0 spiro atoms. The van der Waals surface area contributed by atoms with Gasteiger partial charge in [0, 0.05) is 24.7 Å². The highest BCUT2D eigenvalue weighted by atomic mass is 32.2. The Labute approximate surface area is 137 Å². The Morgan fingerprint density at radius 2 is 1.65 bits per heavy atom. The number of unbranched alkanes of at least 4 members (excludes halogenated alkanes) is 2. The van der Waals surface area contributed by atoms with Crippen LogP contribution in [0.4, 0.5) is 0 Å². The van der Waals surface area contributed by atoms with Crippen molar-refractivity contribution >= 4 is 20.9 Å². The maximum absolute atomic E-state index is 12.9. The number of hydrogen-bond acceptors (Lipinski definition) is 3. The van der Waals surface area contributed by atoms with Crippen molar-refractivity contribution in [3.63, 3.8) is 0 Å². The van der Waals surface area contributed by atoms with Crippen molar-refractivity contribution in [2.24, 2.45) is 0 Å². The van der Waals surface area contributed by atoms with Crippen molar-refractivity contribution in [2.45, 2.75) is 44.4 Å². The van der Waals surface area contributed by atoms with E-state index in [1.54, 1.807) is 28.6 Å².